The number of imidazole rings is 1. The van der Waals surface area contributed by atoms with Crippen molar-refractivity contribution in [2.45, 2.75) is 38.3 Å². The van der Waals surface area contributed by atoms with Crippen LogP contribution >= 0.6 is 0 Å². The number of para-hydroxylation sites is 2. The molecule has 1 saturated carbocycles. The van der Waals surface area contributed by atoms with Gasteiger partial charge in [0.05, 0.1) is 11.0 Å². The number of nitrogens with two attached hydrogens (primary N) is 1. The van der Waals surface area contributed by atoms with E-state index in [1.165, 1.54) is 0 Å². The summed E-state index contributed by atoms with van der Waals surface area (Å²) in [6.07, 6.45) is 5.68. The van der Waals surface area contributed by atoms with E-state index >= 15 is 0 Å². The van der Waals surface area contributed by atoms with Crippen LogP contribution in [0.25, 0.3) is 16.7 Å². The molecular formula is C21H24N4O. The molecule has 0 radical (unpaired) electrons. The highest BCUT2D eigenvalue weighted by molar-refractivity contribution is 5.79. The molecule has 26 heavy (non-hydrogen) atoms. The van der Waals surface area contributed by atoms with Crippen molar-refractivity contribution in [1.82, 2.24) is 14.9 Å². The first-order valence-corrected chi connectivity index (χ1v) is 9.25. The van der Waals surface area contributed by atoms with Gasteiger partial charge >= 0.3 is 0 Å². The van der Waals surface area contributed by atoms with Crippen LogP contribution < -0.4 is 11.1 Å². The SMILES string of the molecule is NC1CCCC(C(=O)NCc2ccc(-n3cnc4ccccc43)cc2)C1. The smallest absolute Gasteiger partial charge is 0.223 e. The fraction of sp³-hybridized carbons (Fsp3) is 0.333. The molecule has 2 aromatic carbocycles. The van der Waals surface area contributed by atoms with Crippen molar-refractivity contribution in [3.8, 4) is 5.69 Å². The lowest BCUT2D eigenvalue weighted by Gasteiger charge is -2.25. The fourth-order valence-electron chi connectivity index (χ4n) is 3.74. The first-order valence-electron chi connectivity index (χ1n) is 9.25. The summed E-state index contributed by atoms with van der Waals surface area (Å²) in [6.45, 7) is 0.551. The first-order chi connectivity index (χ1) is 12.7. The van der Waals surface area contributed by atoms with Gasteiger partial charge in [0.1, 0.15) is 6.33 Å². The Morgan fingerprint density at radius 3 is 2.77 bits per heavy atom. The molecule has 3 aromatic rings. The zero-order valence-electron chi connectivity index (χ0n) is 14.8. The minimum atomic E-state index is 0.0651. The van der Waals surface area contributed by atoms with Crippen LogP contribution in [-0.2, 0) is 11.3 Å². The summed E-state index contributed by atoms with van der Waals surface area (Å²) < 4.78 is 2.07. The molecule has 0 saturated heterocycles. The van der Waals surface area contributed by atoms with E-state index in [1.54, 1.807) is 0 Å². The number of amides is 1. The van der Waals surface area contributed by atoms with Crippen molar-refractivity contribution < 1.29 is 4.79 Å². The minimum absolute atomic E-state index is 0.0651. The number of hydrogen-bond donors (Lipinski definition) is 2. The standard InChI is InChI=1S/C21H24N4O/c22-17-5-3-4-16(12-17)21(26)23-13-15-8-10-18(11-9-15)25-14-24-19-6-1-2-7-20(19)25/h1-2,6-11,14,16-17H,3-5,12-13,22H2,(H,23,26). The summed E-state index contributed by atoms with van der Waals surface area (Å²) in [5.74, 6) is 0.195. The largest absolute Gasteiger partial charge is 0.352 e. The summed E-state index contributed by atoms with van der Waals surface area (Å²) in [5, 5.41) is 3.06. The van der Waals surface area contributed by atoms with E-state index < -0.39 is 0 Å². The van der Waals surface area contributed by atoms with E-state index in [0.29, 0.717) is 6.54 Å². The molecule has 5 nitrogen and oxygen atoms in total. The topological polar surface area (TPSA) is 72.9 Å². The third-order valence-electron chi connectivity index (χ3n) is 5.22. The first kappa shape index (κ1) is 16.8. The second-order valence-electron chi connectivity index (χ2n) is 7.11. The van der Waals surface area contributed by atoms with Gasteiger partial charge in [-0.25, -0.2) is 4.98 Å². The zero-order chi connectivity index (χ0) is 17.9. The van der Waals surface area contributed by atoms with E-state index in [-0.39, 0.29) is 17.9 Å². The average Bonchev–Trinajstić information content (AvgIpc) is 3.11. The van der Waals surface area contributed by atoms with Gasteiger partial charge in [-0.1, -0.05) is 30.7 Å². The molecule has 2 atom stereocenters. The van der Waals surface area contributed by atoms with E-state index in [4.69, 9.17) is 5.73 Å². The monoisotopic (exact) mass is 348 g/mol. The number of benzene rings is 2. The Labute approximate surface area is 153 Å². The Morgan fingerprint density at radius 2 is 1.96 bits per heavy atom. The highest BCUT2D eigenvalue weighted by Gasteiger charge is 2.24. The summed E-state index contributed by atoms with van der Waals surface area (Å²) >= 11 is 0. The molecule has 1 heterocycles. The number of rotatable bonds is 4. The highest BCUT2D eigenvalue weighted by Crippen LogP contribution is 2.23. The van der Waals surface area contributed by atoms with Crippen LogP contribution in [0.5, 0.6) is 0 Å². The zero-order valence-corrected chi connectivity index (χ0v) is 14.8. The third kappa shape index (κ3) is 3.48. The molecule has 2 unspecified atom stereocenters. The highest BCUT2D eigenvalue weighted by atomic mass is 16.1. The molecule has 3 N–H and O–H groups in total. The maximum atomic E-state index is 12.3. The number of aromatic nitrogens is 2. The van der Waals surface area contributed by atoms with Crippen LogP contribution in [-0.4, -0.2) is 21.5 Å². The van der Waals surface area contributed by atoms with E-state index in [0.717, 1.165) is 48.0 Å². The lowest BCUT2D eigenvalue weighted by molar-refractivity contribution is -0.126. The van der Waals surface area contributed by atoms with Gasteiger partial charge in [-0.15, -0.1) is 0 Å². The maximum Gasteiger partial charge on any atom is 0.223 e. The van der Waals surface area contributed by atoms with Crippen molar-refractivity contribution in [1.29, 1.82) is 0 Å². The number of carbonyl (C=O) groups excluding carboxylic acids is 1. The number of nitrogens with one attached hydrogen (secondary N) is 1. The number of carbonyl (C=O) groups is 1. The lowest BCUT2D eigenvalue weighted by atomic mass is 9.85. The van der Waals surface area contributed by atoms with Gasteiger partial charge in [-0.3, -0.25) is 9.36 Å². The lowest BCUT2D eigenvalue weighted by Crippen LogP contribution is -2.37. The van der Waals surface area contributed by atoms with Crippen molar-refractivity contribution in [3.05, 3.63) is 60.4 Å². The van der Waals surface area contributed by atoms with Gasteiger partial charge in [-0.05, 0) is 49.1 Å². The van der Waals surface area contributed by atoms with Gasteiger partial charge in [0.25, 0.3) is 0 Å². The molecule has 1 fully saturated rings. The molecule has 1 aliphatic carbocycles. The molecule has 4 rings (SSSR count). The van der Waals surface area contributed by atoms with Crippen molar-refractivity contribution >= 4 is 16.9 Å². The molecule has 1 aliphatic rings. The summed E-state index contributed by atoms with van der Waals surface area (Å²) in [7, 11) is 0. The van der Waals surface area contributed by atoms with E-state index in [2.05, 4.69) is 45.2 Å². The van der Waals surface area contributed by atoms with Crippen molar-refractivity contribution in [3.63, 3.8) is 0 Å². The van der Waals surface area contributed by atoms with Crippen LogP contribution in [0.4, 0.5) is 0 Å². The fourth-order valence-corrected chi connectivity index (χ4v) is 3.74. The second-order valence-corrected chi connectivity index (χ2v) is 7.11. The molecule has 0 spiro atoms. The van der Waals surface area contributed by atoms with Gasteiger partial charge < -0.3 is 11.1 Å². The number of nitrogens with zero attached hydrogens (tertiary/aromatic N) is 2. The Morgan fingerprint density at radius 1 is 1.15 bits per heavy atom. The number of fused-ring (bicyclic) bond motifs is 1. The molecule has 1 aromatic heterocycles. The van der Waals surface area contributed by atoms with Crippen molar-refractivity contribution in [2.24, 2.45) is 11.7 Å². The molecule has 0 aliphatic heterocycles. The molecular weight excluding hydrogens is 324 g/mol. The second kappa shape index (κ2) is 7.30. The quantitative estimate of drug-likeness (QED) is 0.761. The van der Waals surface area contributed by atoms with E-state index in [9.17, 15) is 4.79 Å². The van der Waals surface area contributed by atoms with Gasteiger partial charge in [0.2, 0.25) is 5.91 Å². The van der Waals surface area contributed by atoms with Gasteiger partial charge in [0.15, 0.2) is 0 Å². The van der Waals surface area contributed by atoms with Crippen LogP contribution in [0.1, 0.15) is 31.2 Å². The Bertz CT molecular complexity index is 900. The van der Waals surface area contributed by atoms with Crippen LogP contribution in [0.2, 0.25) is 0 Å². The van der Waals surface area contributed by atoms with Crippen LogP contribution in [0, 0.1) is 5.92 Å². The molecule has 0 bridgehead atoms. The summed E-state index contributed by atoms with van der Waals surface area (Å²) in [5.41, 5.74) is 10.2. The number of hydrogen-bond acceptors (Lipinski definition) is 3. The third-order valence-corrected chi connectivity index (χ3v) is 5.22. The van der Waals surface area contributed by atoms with Crippen molar-refractivity contribution in [2.75, 3.05) is 0 Å². The van der Waals surface area contributed by atoms with Gasteiger partial charge in [-0.2, -0.15) is 0 Å². The van der Waals surface area contributed by atoms with Gasteiger partial charge in [0, 0.05) is 24.2 Å². The van der Waals surface area contributed by atoms with E-state index in [1.807, 2.05) is 24.5 Å². The van der Waals surface area contributed by atoms with Crippen LogP contribution in [0.3, 0.4) is 0 Å². The summed E-state index contributed by atoms with van der Waals surface area (Å²) in [4.78, 5) is 16.8. The molecule has 134 valence electrons. The summed E-state index contributed by atoms with van der Waals surface area (Å²) in [6, 6.07) is 16.5. The Balaban J connectivity index is 1.41. The minimum Gasteiger partial charge on any atom is -0.352 e. The predicted molar refractivity (Wildman–Crippen MR) is 103 cm³/mol. The molecule has 1 amide bonds. The Kier molecular flexibility index (Phi) is 4.71. The normalized spacial score (nSPS) is 20.2. The predicted octanol–water partition coefficient (Wildman–Crippen LogP) is 3.16. The Hall–Kier alpha value is -2.66. The maximum absolute atomic E-state index is 12.3. The molecule has 5 heteroatoms. The van der Waals surface area contributed by atoms with Crippen LogP contribution in [0.15, 0.2) is 54.9 Å². The average molecular weight is 348 g/mol.